The maximum Gasteiger partial charge on any atom is 0.227 e. The molecule has 2 aliphatic rings. The molecule has 1 amide bonds. The highest BCUT2D eigenvalue weighted by Crippen LogP contribution is 2.16. The van der Waals surface area contributed by atoms with Gasteiger partial charge in [-0.05, 0) is 0 Å². The van der Waals surface area contributed by atoms with Gasteiger partial charge < -0.3 is 4.90 Å². The van der Waals surface area contributed by atoms with E-state index in [1.165, 1.54) is 0 Å². The summed E-state index contributed by atoms with van der Waals surface area (Å²) >= 11 is 0. The zero-order valence-electron chi connectivity index (χ0n) is 5.66. The molecule has 2 nitrogen and oxygen atoms in total. The molecular formula is C8H9NO. The zero-order chi connectivity index (χ0) is 6.97. The average molecular weight is 135 g/mol. The van der Waals surface area contributed by atoms with E-state index in [4.69, 9.17) is 0 Å². The van der Waals surface area contributed by atoms with Crippen molar-refractivity contribution in [2.45, 2.75) is 12.5 Å². The number of carbonyl (C=O) groups is 1. The molecule has 0 bridgehead atoms. The minimum atomic E-state index is 0.248. The number of nitrogens with zero attached hydrogens (tertiary/aromatic N) is 1. The SMILES string of the molecule is O=C1CC=C[C@@H]2C=CCN12. The van der Waals surface area contributed by atoms with Crippen molar-refractivity contribution in [1.29, 1.82) is 0 Å². The normalized spacial score (nSPS) is 29.4. The molecule has 0 aromatic heterocycles. The highest BCUT2D eigenvalue weighted by Gasteiger charge is 2.24. The van der Waals surface area contributed by atoms with Gasteiger partial charge in [-0.1, -0.05) is 24.3 Å². The van der Waals surface area contributed by atoms with Gasteiger partial charge >= 0.3 is 0 Å². The van der Waals surface area contributed by atoms with E-state index in [1.54, 1.807) is 0 Å². The van der Waals surface area contributed by atoms with E-state index in [0.29, 0.717) is 6.42 Å². The largest absolute Gasteiger partial charge is 0.329 e. The first-order valence-corrected chi connectivity index (χ1v) is 3.51. The molecule has 0 fully saturated rings. The Hall–Kier alpha value is -1.05. The van der Waals surface area contributed by atoms with Crippen LogP contribution in [0.1, 0.15) is 6.42 Å². The second-order valence-corrected chi connectivity index (χ2v) is 2.60. The summed E-state index contributed by atoms with van der Waals surface area (Å²) in [4.78, 5) is 13.0. The molecule has 0 aromatic rings. The van der Waals surface area contributed by atoms with Crippen LogP contribution in [-0.2, 0) is 4.79 Å². The smallest absolute Gasteiger partial charge is 0.227 e. The molecule has 0 N–H and O–H groups in total. The fraction of sp³-hybridized carbons (Fsp3) is 0.375. The van der Waals surface area contributed by atoms with Crippen LogP contribution < -0.4 is 0 Å². The summed E-state index contributed by atoms with van der Waals surface area (Å²) in [5.41, 5.74) is 0. The molecule has 2 heterocycles. The minimum Gasteiger partial charge on any atom is -0.329 e. The van der Waals surface area contributed by atoms with E-state index in [1.807, 2.05) is 17.1 Å². The van der Waals surface area contributed by atoms with Crippen LogP contribution >= 0.6 is 0 Å². The van der Waals surface area contributed by atoms with Crippen molar-refractivity contribution in [2.24, 2.45) is 0 Å². The molecule has 52 valence electrons. The van der Waals surface area contributed by atoms with Crippen molar-refractivity contribution in [2.75, 3.05) is 6.54 Å². The molecule has 2 heteroatoms. The molecule has 10 heavy (non-hydrogen) atoms. The summed E-state index contributed by atoms with van der Waals surface area (Å²) in [5, 5.41) is 0. The summed E-state index contributed by atoms with van der Waals surface area (Å²) in [5.74, 6) is 0.248. The third-order valence-electron chi connectivity index (χ3n) is 1.94. The quantitative estimate of drug-likeness (QED) is 0.448. The highest BCUT2D eigenvalue weighted by molar-refractivity contribution is 5.80. The molecule has 0 spiro atoms. The van der Waals surface area contributed by atoms with Crippen molar-refractivity contribution in [3.63, 3.8) is 0 Å². The van der Waals surface area contributed by atoms with E-state index < -0.39 is 0 Å². The Labute approximate surface area is 59.8 Å². The van der Waals surface area contributed by atoms with Crippen LogP contribution in [0.2, 0.25) is 0 Å². The molecule has 0 aromatic carbocycles. The standard InChI is InChI=1S/C8H9NO/c10-8-5-1-3-7-4-2-6-9(7)8/h1-4,7H,5-6H2/t7-/m1/s1. The Morgan fingerprint density at radius 2 is 2.20 bits per heavy atom. The Kier molecular flexibility index (Phi) is 1.13. The van der Waals surface area contributed by atoms with Gasteiger partial charge in [-0.15, -0.1) is 0 Å². The van der Waals surface area contributed by atoms with E-state index in [0.717, 1.165) is 6.54 Å². The molecule has 0 saturated heterocycles. The number of carbonyl (C=O) groups excluding carboxylic acids is 1. The summed E-state index contributed by atoms with van der Waals surface area (Å²) in [7, 11) is 0. The third kappa shape index (κ3) is 0.685. The number of amides is 1. The first-order valence-electron chi connectivity index (χ1n) is 3.51. The number of hydrogen-bond acceptors (Lipinski definition) is 1. The van der Waals surface area contributed by atoms with Crippen LogP contribution in [0.25, 0.3) is 0 Å². The average Bonchev–Trinajstić information content (AvgIpc) is 2.36. The van der Waals surface area contributed by atoms with Gasteiger partial charge in [-0.3, -0.25) is 4.79 Å². The van der Waals surface area contributed by atoms with Gasteiger partial charge in [-0.2, -0.15) is 0 Å². The fourth-order valence-corrected chi connectivity index (χ4v) is 1.40. The van der Waals surface area contributed by atoms with Gasteiger partial charge in [-0.25, -0.2) is 0 Å². The second kappa shape index (κ2) is 1.97. The Morgan fingerprint density at radius 3 is 3.00 bits per heavy atom. The molecule has 0 unspecified atom stereocenters. The molecule has 0 radical (unpaired) electrons. The van der Waals surface area contributed by atoms with Gasteiger partial charge in [0, 0.05) is 13.0 Å². The van der Waals surface area contributed by atoms with Crippen molar-refractivity contribution in [3.05, 3.63) is 24.3 Å². The third-order valence-corrected chi connectivity index (χ3v) is 1.94. The lowest BCUT2D eigenvalue weighted by molar-refractivity contribution is -0.130. The predicted octanol–water partition coefficient (Wildman–Crippen LogP) is 0.713. The Morgan fingerprint density at radius 1 is 1.40 bits per heavy atom. The van der Waals surface area contributed by atoms with Crippen molar-refractivity contribution >= 4 is 5.91 Å². The van der Waals surface area contributed by atoms with Crippen molar-refractivity contribution in [1.82, 2.24) is 4.90 Å². The first kappa shape index (κ1) is 5.71. The second-order valence-electron chi connectivity index (χ2n) is 2.60. The minimum absolute atomic E-state index is 0.248. The van der Waals surface area contributed by atoms with Crippen LogP contribution in [0.4, 0.5) is 0 Å². The Bertz CT molecular complexity index is 217. The first-order chi connectivity index (χ1) is 4.88. The Balaban J connectivity index is 2.27. The van der Waals surface area contributed by atoms with Gasteiger partial charge in [0.15, 0.2) is 0 Å². The maximum atomic E-state index is 11.1. The predicted molar refractivity (Wildman–Crippen MR) is 38.4 cm³/mol. The summed E-state index contributed by atoms with van der Waals surface area (Å²) < 4.78 is 0. The lowest BCUT2D eigenvalue weighted by Gasteiger charge is -2.24. The summed E-state index contributed by atoms with van der Waals surface area (Å²) in [6.45, 7) is 0.799. The number of hydrogen-bond donors (Lipinski definition) is 0. The summed E-state index contributed by atoms with van der Waals surface area (Å²) in [6, 6.07) is 0.265. The number of fused-ring (bicyclic) bond motifs is 1. The van der Waals surface area contributed by atoms with Crippen LogP contribution in [0, 0.1) is 0 Å². The van der Waals surface area contributed by atoms with Gasteiger partial charge in [0.1, 0.15) is 0 Å². The van der Waals surface area contributed by atoms with Crippen molar-refractivity contribution < 1.29 is 4.79 Å². The summed E-state index contributed by atoms with van der Waals surface area (Å²) in [6.07, 6.45) is 8.70. The zero-order valence-corrected chi connectivity index (χ0v) is 5.66. The van der Waals surface area contributed by atoms with E-state index in [9.17, 15) is 4.79 Å². The van der Waals surface area contributed by atoms with Crippen LogP contribution in [0.15, 0.2) is 24.3 Å². The van der Waals surface area contributed by atoms with Gasteiger partial charge in [0.05, 0.1) is 6.04 Å². The van der Waals surface area contributed by atoms with E-state index >= 15 is 0 Å². The van der Waals surface area contributed by atoms with Gasteiger partial charge in [0.2, 0.25) is 5.91 Å². The monoisotopic (exact) mass is 135 g/mol. The van der Waals surface area contributed by atoms with E-state index in [2.05, 4.69) is 12.2 Å². The lowest BCUT2D eigenvalue weighted by Crippen LogP contribution is -2.36. The fourth-order valence-electron chi connectivity index (χ4n) is 1.40. The molecule has 2 rings (SSSR count). The van der Waals surface area contributed by atoms with Crippen LogP contribution in [-0.4, -0.2) is 23.4 Å². The molecule has 0 saturated carbocycles. The molecule has 1 atom stereocenters. The van der Waals surface area contributed by atoms with Crippen LogP contribution in [0.3, 0.4) is 0 Å². The highest BCUT2D eigenvalue weighted by atomic mass is 16.2. The van der Waals surface area contributed by atoms with Gasteiger partial charge in [0.25, 0.3) is 0 Å². The molecular weight excluding hydrogens is 126 g/mol. The van der Waals surface area contributed by atoms with E-state index in [-0.39, 0.29) is 11.9 Å². The number of rotatable bonds is 0. The van der Waals surface area contributed by atoms with Crippen LogP contribution in [0.5, 0.6) is 0 Å². The van der Waals surface area contributed by atoms with Crippen molar-refractivity contribution in [3.8, 4) is 0 Å². The molecule has 2 aliphatic heterocycles. The topological polar surface area (TPSA) is 20.3 Å². The lowest BCUT2D eigenvalue weighted by atomic mass is 10.1. The maximum absolute atomic E-state index is 11.1. The molecule has 0 aliphatic carbocycles.